The average molecular weight is 374 g/mol. The van der Waals surface area contributed by atoms with Gasteiger partial charge in [0, 0.05) is 5.54 Å². The lowest BCUT2D eigenvalue weighted by atomic mass is 10.1. The first-order valence-electron chi connectivity index (χ1n) is 7.76. The van der Waals surface area contributed by atoms with Gasteiger partial charge in [0.25, 0.3) is 5.91 Å². The summed E-state index contributed by atoms with van der Waals surface area (Å²) in [6, 6.07) is 11.5. The predicted molar refractivity (Wildman–Crippen MR) is 101 cm³/mol. The van der Waals surface area contributed by atoms with Crippen LogP contribution in [-0.2, 0) is 9.53 Å². The van der Waals surface area contributed by atoms with Crippen LogP contribution >= 0.6 is 22.7 Å². The molecule has 0 aliphatic rings. The summed E-state index contributed by atoms with van der Waals surface area (Å²) in [5.41, 5.74) is 0.589. The van der Waals surface area contributed by atoms with Gasteiger partial charge in [0.2, 0.25) is 0 Å². The van der Waals surface area contributed by atoms with Crippen molar-refractivity contribution in [1.29, 1.82) is 0 Å². The maximum absolute atomic E-state index is 12.1. The van der Waals surface area contributed by atoms with Crippen molar-refractivity contribution in [1.82, 2.24) is 10.3 Å². The third kappa shape index (κ3) is 4.43. The first kappa shape index (κ1) is 17.6. The molecule has 1 aromatic carbocycles. The van der Waals surface area contributed by atoms with Gasteiger partial charge in [-0.25, -0.2) is 9.78 Å². The van der Waals surface area contributed by atoms with E-state index < -0.39 is 5.97 Å². The molecule has 0 saturated carbocycles. The molecule has 130 valence electrons. The number of thiazole rings is 1. The number of amides is 1. The molecule has 5 nitrogen and oxygen atoms in total. The van der Waals surface area contributed by atoms with E-state index in [1.165, 1.54) is 11.3 Å². The molecule has 3 rings (SSSR count). The summed E-state index contributed by atoms with van der Waals surface area (Å²) in [5, 5.41) is 3.62. The fourth-order valence-corrected chi connectivity index (χ4v) is 4.12. The molecule has 0 aliphatic heterocycles. The molecule has 1 N–H and O–H groups in total. The van der Waals surface area contributed by atoms with E-state index in [-0.39, 0.29) is 18.1 Å². The second-order valence-electron chi connectivity index (χ2n) is 6.52. The third-order valence-corrected chi connectivity index (χ3v) is 5.43. The fraction of sp³-hybridized carbons (Fsp3) is 0.278. The van der Waals surface area contributed by atoms with Gasteiger partial charge in [-0.2, -0.15) is 0 Å². The molecule has 1 amide bonds. The largest absolute Gasteiger partial charge is 0.451 e. The van der Waals surface area contributed by atoms with Crippen molar-refractivity contribution in [2.24, 2.45) is 0 Å². The molecule has 0 aliphatic carbocycles. The van der Waals surface area contributed by atoms with E-state index in [1.807, 2.05) is 51.1 Å². The van der Waals surface area contributed by atoms with Crippen molar-refractivity contribution in [3.63, 3.8) is 0 Å². The Morgan fingerprint density at radius 1 is 1.12 bits per heavy atom. The van der Waals surface area contributed by atoms with Crippen LogP contribution in [0.1, 0.15) is 30.4 Å². The number of carbonyl (C=O) groups is 2. The highest BCUT2D eigenvalue weighted by molar-refractivity contribution is 7.26. The fourth-order valence-electron chi connectivity index (χ4n) is 2.20. The van der Waals surface area contributed by atoms with Gasteiger partial charge >= 0.3 is 5.97 Å². The molecule has 25 heavy (non-hydrogen) atoms. The van der Waals surface area contributed by atoms with Gasteiger partial charge in [0.1, 0.15) is 9.88 Å². The predicted octanol–water partition coefficient (Wildman–Crippen LogP) is 4.10. The van der Waals surface area contributed by atoms with Crippen LogP contribution in [0.4, 0.5) is 0 Å². The monoisotopic (exact) mass is 374 g/mol. The topological polar surface area (TPSA) is 68.3 Å². The molecule has 0 saturated heterocycles. The zero-order valence-corrected chi connectivity index (χ0v) is 15.8. The van der Waals surface area contributed by atoms with Crippen LogP contribution in [0.5, 0.6) is 0 Å². The van der Waals surface area contributed by atoms with Crippen molar-refractivity contribution >= 4 is 44.8 Å². The normalized spacial score (nSPS) is 11.5. The van der Waals surface area contributed by atoms with Crippen molar-refractivity contribution < 1.29 is 14.3 Å². The number of benzene rings is 1. The van der Waals surface area contributed by atoms with E-state index in [1.54, 1.807) is 17.4 Å². The zero-order valence-electron chi connectivity index (χ0n) is 14.2. The lowest BCUT2D eigenvalue weighted by Crippen LogP contribution is -2.42. The van der Waals surface area contributed by atoms with Crippen molar-refractivity contribution in [2.45, 2.75) is 26.3 Å². The number of ether oxygens (including phenoxy) is 1. The first-order chi connectivity index (χ1) is 11.8. The first-order valence-corrected chi connectivity index (χ1v) is 9.39. The van der Waals surface area contributed by atoms with Gasteiger partial charge in [-0.15, -0.1) is 22.7 Å². The van der Waals surface area contributed by atoms with Crippen LogP contribution in [0.2, 0.25) is 0 Å². The maximum Gasteiger partial charge on any atom is 0.348 e. The summed E-state index contributed by atoms with van der Waals surface area (Å²) in [6.45, 7) is 5.33. The van der Waals surface area contributed by atoms with Crippen LogP contribution < -0.4 is 5.32 Å². The Morgan fingerprint density at radius 3 is 2.60 bits per heavy atom. The van der Waals surface area contributed by atoms with Gasteiger partial charge < -0.3 is 10.1 Å². The quantitative estimate of drug-likeness (QED) is 0.698. The van der Waals surface area contributed by atoms with E-state index >= 15 is 0 Å². The zero-order chi connectivity index (χ0) is 18.0. The Bertz CT molecular complexity index is 889. The average Bonchev–Trinajstić information content (AvgIpc) is 3.17. The Morgan fingerprint density at radius 2 is 1.88 bits per heavy atom. The highest BCUT2D eigenvalue weighted by atomic mass is 32.1. The van der Waals surface area contributed by atoms with Gasteiger partial charge in [-0.05, 0) is 45.0 Å². The minimum atomic E-state index is -0.499. The molecule has 0 bridgehead atoms. The molecule has 0 radical (unpaired) electrons. The van der Waals surface area contributed by atoms with Crippen LogP contribution in [0.25, 0.3) is 20.1 Å². The third-order valence-electron chi connectivity index (χ3n) is 3.16. The molecule has 0 atom stereocenters. The number of rotatable bonds is 4. The van der Waals surface area contributed by atoms with Crippen LogP contribution in [0, 0.1) is 0 Å². The molecule has 7 heteroatoms. The highest BCUT2D eigenvalue weighted by Crippen LogP contribution is 2.34. The van der Waals surface area contributed by atoms with Crippen molar-refractivity contribution in [2.75, 3.05) is 6.61 Å². The number of para-hydroxylation sites is 1. The minimum Gasteiger partial charge on any atom is -0.451 e. The number of hydrogen-bond donors (Lipinski definition) is 1. The summed E-state index contributed by atoms with van der Waals surface area (Å²) in [6.07, 6.45) is 0. The molecular formula is C18H18N2O3S2. The van der Waals surface area contributed by atoms with Gasteiger partial charge in [-0.3, -0.25) is 4.79 Å². The lowest BCUT2D eigenvalue weighted by molar-refractivity contribution is -0.125. The molecule has 2 heterocycles. The highest BCUT2D eigenvalue weighted by Gasteiger charge is 2.18. The molecule has 0 fully saturated rings. The second-order valence-corrected chi connectivity index (χ2v) is 8.64. The SMILES string of the molecule is CC(C)(C)NC(=O)COC(=O)c1ccc(-c2nc3ccccc3s2)s1. The summed E-state index contributed by atoms with van der Waals surface area (Å²) in [4.78, 5) is 29.8. The molecule has 2 aromatic heterocycles. The molecular weight excluding hydrogens is 356 g/mol. The van der Waals surface area contributed by atoms with E-state index in [0.717, 1.165) is 20.1 Å². The number of fused-ring (bicyclic) bond motifs is 1. The molecule has 0 unspecified atom stereocenters. The van der Waals surface area contributed by atoms with Gasteiger partial charge in [0.05, 0.1) is 15.1 Å². The maximum atomic E-state index is 12.1. The standard InChI is InChI=1S/C18H18N2O3S2/c1-18(2,3)20-15(21)10-23-17(22)14-9-8-13(24-14)16-19-11-6-4-5-7-12(11)25-16/h4-9H,10H2,1-3H3,(H,20,21). The number of nitrogens with one attached hydrogen (secondary N) is 1. The molecule has 3 aromatic rings. The number of esters is 1. The van der Waals surface area contributed by atoms with Gasteiger partial charge in [0.15, 0.2) is 6.61 Å². The summed E-state index contributed by atoms with van der Waals surface area (Å²) < 4.78 is 6.19. The van der Waals surface area contributed by atoms with Crippen LogP contribution in [0.15, 0.2) is 36.4 Å². The Kier molecular flexibility index (Phi) is 4.87. The number of hydrogen-bond acceptors (Lipinski definition) is 6. The van der Waals surface area contributed by atoms with E-state index in [4.69, 9.17) is 4.74 Å². The van der Waals surface area contributed by atoms with E-state index in [9.17, 15) is 9.59 Å². The second kappa shape index (κ2) is 6.93. The summed E-state index contributed by atoms with van der Waals surface area (Å²) in [7, 11) is 0. The van der Waals surface area contributed by atoms with Crippen LogP contribution in [0.3, 0.4) is 0 Å². The van der Waals surface area contributed by atoms with E-state index in [0.29, 0.717) is 4.88 Å². The Hall–Kier alpha value is -2.25. The Balaban J connectivity index is 1.66. The lowest BCUT2D eigenvalue weighted by Gasteiger charge is -2.20. The summed E-state index contributed by atoms with van der Waals surface area (Å²) >= 11 is 2.90. The Labute approximate surface area is 153 Å². The van der Waals surface area contributed by atoms with Crippen molar-refractivity contribution in [3.8, 4) is 9.88 Å². The minimum absolute atomic E-state index is 0.287. The van der Waals surface area contributed by atoms with Gasteiger partial charge in [-0.1, -0.05) is 12.1 Å². The van der Waals surface area contributed by atoms with Crippen LogP contribution in [-0.4, -0.2) is 29.0 Å². The number of thiophene rings is 1. The number of nitrogens with zero attached hydrogens (tertiary/aromatic N) is 1. The smallest absolute Gasteiger partial charge is 0.348 e. The molecule has 0 spiro atoms. The number of aromatic nitrogens is 1. The summed E-state index contributed by atoms with van der Waals surface area (Å²) in [5.74, 6) is -0.815. The number of carbonyl (C=O) groups excluding carboxylic acids is 2. The van der Waals surface area contributed by atoms with Crippen molar-refractivity contribution in [3.05, 3.63) is 41.3 Å². The van der Waals surface area contributed by atoms with E-state index in [2.05, 4.69) is 10.3 Å².